The lowest BCUT2D eigenvalue weighted by molar-refractivity contribution is -0.147. The fraction of sp³-hybridized carbons (Fsp3) is 0.522. The number of rotatable bonds is 5. The van der Waals surface area contributed by atoms with Crippen molar-refractivity contribution in [3.63, 3.8) is 0 Å². The number of piperazine rings is 1. The highest BCUT2D eigenvalue weighted by atomic mass is 16.5. The summed E-state index contributed by atoms with van der Waals surface area (Å²) < 4.78 is 10.3. The van der Waals surface area contributed by atoms with E-state index < -0.39 is 0 Å². The van der Waals surface area contributed by atoms with Crippen LogP contribution in [0.5, 0.6) is 0 Å². The van der Waals surface area contributed by atoms with Crippen LogP contribution in [0.15, 0.2) is 33.5 Å². The summed E-state index contributed by atoms with van der Waals surface area (Å²) in [6.45, 7) is 5.52. The van der Waals surface area contributed by atoms with Crippen molar-refractivity contribution in [2.24, 2.45) is 5.92 Å². The second kappa shape index (κ2) is 8.22. The van der Waals surface area contributed by atoms with E-state index in [9.17, 15) is 14.4 Å². The first-order valence-electron chi connectivity index (χ1n) is 10.6. The normalized spacial score (nSPS) is 24.3. The van der Waals surface area contributed by atoms with E-state index in [-0.39, 0.29) is 42.0 Å². The standard InChI is InChI=1S/C23H28N2O5/c1-4-14-6-7-20-17(8-14)15(9-22(27)30-20)11-24-12-16-10-18(23(28)29-3)19(5-2)25(16)21(26)13-24/h6-9,16,18-19H,4-5,10-13H2,1-3H3/t16-,18-,19-/m0/s1. The van der Waals surface area contributed by atoms with Gasteiger partial charge in [0.2, 0.25) is 5.91 Å². The molecule has 0 unspecified atom stereocenters. The average Bonchev–Trinajstić information content (AvgIpc) is 3.12. The Morgan fingerprint density at radius 3 is 2.73 bits per heavy atom. The minimum absolute atomic E-state index is 0.0158. The molecule has 0 aliphatic carbocycles. The number of carbonyl (C=O) groups excluding carboxylic acids is 2. The maximum absolute atomic E-state index is 13.0. The maximum atomic E-state index is 13.0. The van der Waals surface area contributed by atoms with Crippen molar-refractivity contribution in [3.05, 3.63) is 45.8 Å². The molecule has 3 atom stereocenters. The number of amides is 1. The molecular formula is C23H28N2O5. The van der Waals surface area contributed by atoms with Crippen LogP contribution in [0, 0.1) is 5.92 Å². The Morgan fingerprint density at radius 2 is 2.03 bits per heavy atom. The molecule has 1 aromatic carbocycles. The third-order valence-corrected chi connectivity index (χ3v) is 6.47. The van der Waals surface area contributed by atoms with Crippen molar-refractivity contribution in [1.29, 1.82) is 0 Å². The van der Waals surface area contributed by atoms with Crippen molar-refractivity contribution < 1.29 is 18.7 Å². The molecule has 0 spiro atoms. The summed E-state index contributed by atoms with van der Waals surface area (Å²) in [6, 6.07) is 7.27. The van der Waals surface area contributed by atoms with Crippen molar-refractivity contribution in [2.75, 3.05) is 20.2 Å². The zero-order chi connectivity index (χ0) is 21.4. The Hall–Kier alpha value is -2.67. The smallest absolute Gasteiger partial charge is 0.336 e. The zero-order valence-corrected chi connectivity index (χ0v) is 17.7. The van der Waals surface area contributed by atoms with Crippen LogP contribution in [0.4, 0.5) is 0 Å². The van der Waals surface area contributed by atoms with Gasteiger partial charge in [0, 0.05) is 36.6 Å². The summed E-state index contributed by atoms with van der Waals surface area (Å²) in [4.78, 5) is 41.3. The molecule has 0 radical (unpaired) electrons. The van der Waals surface area contributed by atoms with Crippen molar-refractivity contribution in [2.45, 2.75) is 51.7 Å². The van der Waals surface area contributed by atoms with Crippen molar-refractivity contribution in [3.8, 4) is 0 Å². The molecule has 4 rings (SSSR count). The van der Waals surface area contributed by atoms with Crippen LogP contribution in [-0.4, -0.2) is 54.0 Å². The molecule has 0 bridgehead atoms. The maximum Gasteiger partial charge on any atom is 0.336 e. The Balaban J connectivity index is 1.60. The van der Waals surface area contributed by atoms with Gasteiger partial charge in [-0.05, 0) is 42.5 Å². The minimum Gasteiger partial charge on any atom is -0.469 e. The van der Waals surface area contributed by atoms with Crippen LogP contribution in [0.3, 0.4) is 0 Å². The monoisotopic (exact) mass is 412 g/mol. The number of methoxy groups -OCH3 is 1. The van der Waals surface area contributed by atoms with Gasteiger partial charge < -0.3 is 14.1 Å². The van der Waals surface area contributed by atoms with Gasteiger partial charge in [-0.3, -0.25) is 14.5 Å². The molecule has 30 heavy (non-hydrogen) atoms. The number of fused-ring (bicyclic) bond motifs is 2. The van der Waals surface area contributed by atoms with Crippen LogP contribution in [0.1, 0.15) is 37.8 Å². The van der Waals surface area contributed by atoms with E-state index in [1.807, 2.05) is 24.0 Å². The van der Waals surface area contributed by atoms with Gasteiger partial charge in [0.05, 0.1) is 19.6 Å². The third-order valence-electron chi connectivity index (χ3n) is 6.47. The summed E-state index contributed by atoms with van der Waals surface area (Å²) >= 11 is 0. The highest BCUT2D eigenvalue weighted by Gasteiger charge is 2.49. The zero-order valence-electron chi connectivity index (χ0n) is 17.7. The fourth-order valence-corrected chi connectivity index (χ4v) is 5.09. The van der Waals surface area contributed by atoms with E-state index in [0.29, 0.717) is 25.1 Å². The molecule has 1 aromatic heterocycles. The number of carbonyl (C=O) groups is 2. The Morgan fingerprint density at radius 1 is 1.23 bits per heavy atom. The average molecular weight is 412 g/mol. The number of nitrogens with zero attached hydrogens (tertiary/aromatic N) is 2. The first-order chi connectivity index (χ1) is 14.4. The number of aryl methyl sites for hydroxylation is 1. The second-order valence-electron chi connectivity index (χ2n) is 8.24. The SMILES string of the molecule is CCc1ccc2oc(=O)cc(CN3CC(=O)N4[C@@H](C[C@H](C(=O)OC)[C@@H]4CC)C3)c2c1. The van der Waals surface area contributed by atoms with E-state index in [4.69, 9.17) is 9.15 Å². The second-order valence-corrected chi connectivity index (χ2v) is 8.24. The molecular weight excluding hydrogens is 384 g/mol. The quantitative estimate of drug-likeness (QED) is 0.554. The Bertz CT molecular complexity index is 1030. The molecule has 7 nitrogen and oxygen atoms in total. The fourth-order valence-electron chi connectivity index (χ4n) is 5.09. The summed E-state index contributed by atoms with van der Waals surface area (Å²) in [7, 11) is 1.40. The molecule has 2 aromatic rings. The predicted molar refractivity (Wildman–Crippen MR) is 112 cm³/mol. The first kappa shape index (κ1) is 20.6. The molecule has 2 aliphatic rings. The summed E-state index contributed by atoms with van der Waals surface area (Å²) in [6.07, 6.45) is 2.23. The van der Waals surface area contributed by atoms with Gasteiger partial charge in [-0.25, -0.2) is 4.79 Å². The Kier molecular flexibility index (Phi) is 5.64. The van der Waals surface area contributed by atoms with Crippen LogP contribution < -0.4 is 5.63 Å². The predicted octanol–water partition coefficient (Wildman–Crippen LogP) is 2.34. The third kappa shape index (κ3) is 3.62. The Labute approximate surface area is 175 Å². The van der Waals surface area contributed by atoms with Gasteiger partial charge in [0.15, 0.2) is 0 Å². The molecule has 2 aliphatic heterocycles. The van der Waals surface area contributed by atoms with Crippen molar-refractivity contribution in [1.82, 2.24) is 9.80 Å². The van der Waals surface area contributed by atoms with Gasteiger partial charge in [0.25, 0.3) is 0 Å². The van der Waals surface area contributed by atoms with Crippen LogP contribution >= 0.6 is 0 Å². The van der Waals surface area contributed by atoms with E-state index >= 15 is 0 Å². The molecule has 3 heterocycles. The first-order valence-corrected chi connectivity index (χ1v) is 10.6. The molecule has 1 amide bonds. The van der Waals surface area contributed by atoms with Gasteiger partial charge in [-0.15, -0.1) is 0 Å². The topological polar surface area (TPSA) is 80.1 Å². The van der Waals surface area contributed by atoms with Crippen LogP contribution in [0.25, 0.3) is 11.0 Å². The minimum atomic E-state index is -0.385. The van der Waals surface area contributed by atoms with Gasteiger partial charge in [-0.2, -0.15) is 0 Å². The van der Waals surface area contributed by atoms with E-state index in [1.54, 1.807) is 0 Å². The lowest BCUT2D eigenvalue weighted by atomic mass is 9.97. The number of benzene rings is 1. The lowest BCUT2D eigenvalue weighted by Gasteiger charge is -2.39. The highest BCUT2D eigenvalue weighted by molar-refractivity contribution is 5.83. The number of hydrogen-bond acceptors (Lipinski definition) is 6. The summed E-state index contributed by atoms with van der Waals surface area (Å²) in [5, 5.41) is 0.911. The summed E-state index contributed by atoms with van der Waals surface area (Å²) in [5.41, 5.74) is 2.22. The van der Waals surface area contributed by atoms with Gasteiger partial charge in [-0.1, -0.05) is 19.9 Å². The van der Waals surface area contributed by atoms with Crippen LogP contribution in [0.2, 0.25) is 0 Å². The lowest BCUT2D eigenvalue weighted by Crippen LogP contribution is -2.55. The van der Waals surface area contributed by atoms with Crippen molar-refractivity contribution >= 4 is 22.8 Å². The summed E-state index contributed by atoms with van der Waals surface area (Å²) in [5.74, 6) is -0.481. The number of hydrogen-bond donors (Lipinski definition) is 0. The molecule has 7 heteroatoms. The molecule has 0 saturated carbocycles. The highest BCUT2D eigenvalue weighted by Crippen LogP contribution is 2.36. The largest absolute Gasteiger partial charge is 0.469 e. The van der Waals surface area contributed by atoms with Crippen LogP contribution in [-0.2, 0) is 27.3 Å². The van der Waals surface area contributed by atoms with E-state index in [1.165, 1.54) is 18.7 Å². The number of esters is 1. The van der Waals surface area contributed by atoms with Gasteiger partial charge >= 0.3 is 11.6 Å². The molecule has 160 valence electrons. The molecule has 2 fully saturated rings. The molecule has 2 saturated heterocycles. The van der Waals surface area contributed by atoms with Gasteiger partial charge in [0.1, 0.15) is 5.58 Å². The van der Waals surface area contributed by atoms with E-state index in [0.717, 1.165) is 23.8 Å². The van der Waals surface area contributed by atoms with E-state index in [2.05, 4.69) is 17.9 Å². The molecule has 0 N–H and O–H groups in total. The number of ether oxygens (including phenoxy) is 1.